The van der Waals surface area contributed by atoms with Crippen LogP contribution in [0.5, 0.6) is 5.75 Å². The lowest BCUT2D eigenvalue weighted by Crippen LogP contribution is -2.13. The fourth-order valence-electron chi connectivity index (χ4n) is 1.56. The number of nitrogens with one attached hydrogen (secondary N) is 1. The zero-order valence-corrected chi connectivity index (χ0v) is 12.3. The molecule has 0 unspecified atom stereocenters. The summed E-state index contributed by atoms with van der Waals surface area (Å²) in [6, 6.07) is 7.54. The molecule has 2 rings (SSSR count). The lowest BCUT2D eigenvalue weighted by atomic mass is 10.2. The van der Waals surface area contributed by atoms with E-state index < -0.39 is 11.7 Å². The molecule has 0 aliphatic rings. The third-order valence-corrected chi connectivity index (χ3v) is 2.92. The first-order valence-electron chi connectivity index (χ1n) is 5.95. The highest BCUT2D eigenvalue weighted by molar-refractivity contribution is 9.10. The highest BCUT2D eigenvalue weighted by atomic mass is 79.9. The van der Waals surface area contributed by atoms with E-state index in [1.54, 1.807) is 25.1 Å². The zero-order valence-electron chi connectivity index (χ0n) is 10.7. The molecule has 20 heavy (non-hydrogen) atoms. The van der Waals surface area contributed by atoms with Crippen molar-refractivity contribution < 1.29 is 13.9 Å². The van der Waals surface area contributed by atoms with E-state index in [1.165, 1.54) is 18.3 Å². The number of amides is 1. The first-order valence-corrected chi connectivity index (χ1v) is 6.74. The number of halogens is 2. The van der Waals surface area contributed by atoms with Crippen LogP contribution in [0.1, 0.15) is 17.4 Å². The van der Waals surface area contributed by atoms with Crippen molar-refractivity contribution in [2.75, 3.05) is 11.9 Å². The molecule has 1 N–H and O–H groups in total. The summed E-state index contributed by atoms with van der Waals surface area (Å²) in [6.45, 7) is 2.15. The van der Waals surface area contributed by atoms with Gasteiger partial charge in [0.2, 0.25) is 0 Å². The minimum atomic E-state index is -0.520. The van der Waals surface area contributed by atoms with Crippen molar-refractivity contribution in [1.29, 1.82) is 0 Å². The quantitative estimate of drug-likeness (QED) is 0.925. The summed E-state index contributed by atoms with van der Waals surface area (Å²) in [5.74, 6) is -0.762. The molecule has 0 bridgehead atoms. The van der Waals surface area contributed by atoms with Crippen LogP contribution < -0.4 is 10.1 Å². The molecule has 104 valence electrons. The van der Waals surface area contributed by atoms with Crippen LogP contribution in [0.4, 0.5) is 10.1 Å². The van der Waals surface area contributed by atoms with E-state index in [0.717, 1.165) is 4.47 Å². The van der Waals surface area contributed by atoms with Crippen LogP contribution in [0.3, 0.4) is 0 Å². The number of hydrogen-bond acceptors (Lipinski definition) is 3. The van der Waals surface area contributed by atoms with Gasteiger partial charge >= 0.3 is 0 Å². The van der Waals surface area contributed by atoms with Crippen molar-refractivity contribution in [3.63, 3.8) is 0 Å². The van der Waals surface area contributed by atoms with Crippen molar-refractivity contribution in [3.8, 4) is 5.75 Å². The maximum Gasteiger partial charge on any atom is 0.274 e. The third-order valence-electron chi connectivity index (χ3n) is 2.45. The number of nitrogens with zero attached hydrogens (tertiary/aromatic N) is 1. The number of anilines is 1. The summed E-state index contributed by atoms with van der Waals surface area (Å²) in [7, 11) is 0. The molecule has 0 atom stereocenters. The molecule has 0 fully saturated rings. The molecule has 0 saturated heterocycles. The topological polar surface area (TPSA) is 51.2 Å². The number of carbonyl (C=O) groups is 1. The second-order valence-electron chi connectivity index (χ2n) is 3.89. The molecular formula is C14H12BrFN2O2. The fraction of sp³-hybridized carbons (Fsp3) is 0.143. The van der Waals surface area contributed by atoms with Gasteiger partial charge in [-0.3, -0.25) is 4.79 Å². The van der Waals surface area contributed by atoms with Crippen LogP contribution in [0, 0.1) is 5.82 Å². The number of hydrogen-bond donors (Lipinski definition) is 1. The van der Waals surface area contributed by atoms with Gasteiger partial charge in [0.1, 0.15) is 5.69 Å². The summed E-state index contributed by atoms with van der Waals surface area (Å²) in [5.41, 5.74) is 0.600. The van der Waals surface area contributed by atoms with Gasteiger partial charge in [0.05, 0.1) is 6.61 Å². The van der Waals surface area contributed by atoms with Crippen molar-refractivity contribution >= 4 is 27.5 Å². The maximum atomic E-state index is 13.6. The second-order valence-corrected chi connectivity index (χ2v) is 4.81. The van der Waals surface area contributed by atoms with Gasteiger partial charge in [-0.15, -0.1) is 0 Å². The van der Waals surface area contributed by atoms with Gasteiger partial charge in [-0.25, -0.2) is 9.37 Å². The second kappa shape index (κ2) is 6.47. The van der Waals surface area contributed by atoms with Crippen LogP contribution in [0.25, 0.3) is 0 Å². The van der Waals surface area contributed by atoms with E-state index in [0.29, 0.717) is 12.3 Å². The monoisotopic (exact) mass is 338 g/mol. The highest BCUT2D eigenvalue weighted by Crippen LogP contribution is 2.21. The Balaban J connectivity index is 2.11. The molecule has 4 nitrogen and oxygen atoms in total. The van der Waals surface area contributed by atoms with Crippen LogP contribution in [0.15, 0.2) is 41.0 Å². The number of pyridine rings is 1. The van der Waals surface area contributed by atoms with Crippen LogP contribution in [0.2, 0.25) is 0 Å². The SMILES string of the molecule is CCOc1ccc(NC(=O)c2ccc(Br)cn2)cc1F. The first-order chi connectivity index (χ1) is 9.60. The number of benzene rings is 1. The van der Waals surface area contributed by atoms with E-state index in [2.05, 4.69) is 26.2 Å². The Hall–Kier alpha value is -1.95. The van der Waals surface area contributed by atoms with Gasteiger partial charge in [-0.2, -0.15) is 0 Å². The largest absolute Gasteiger partial charge is 0.491 e. The number of carbonyl (C=O) groups excluding carboxylic acids is 1. The average Bonchev–Trinajstić information content (AvgIpc) is 2.42. The third kappa shape index (κ3) is 3.54. The van der Waals surface area contributed by atoms with E-state index in [4.69, 9.17) is 4.74 Å². The highest BCUT2D eigenvalue weighted by Gasteiger charge is 2.10. The Labute approximate surface area is 124 Å². The van der Waals surface area contributed by atoms with Crippen molar-refractivity contribution in [1.82, 2.24) is 4.98 Å². The average molecular weight is 339 g/mol. The predicted molar refractivity (Wildman–Crippen MR) is 77.5 cm³/mol. The lowest BCUT2D eigenvalue weighted by Gasteiger charge is -2.08. The van der Waals surface area contributed by atoms with Crippen molar-refractivity contribution in [3.05, 3.63) is 52.5 Å². The summed E-state index contributed by atoms with van der Waals surface area (Å²) >= 11 is 3.24. The van der Waals surface area contributed by atoms with E-state index in [1.807, 2.05) is 0 Å². The van der Waals surface area contributed by atoms with E-state index >= 15 is 0 Å². The predicted octanol–water partition coefficient (Wildman–Crippen LogP) is 3.63. The molecule has 1 aromatic heterocycles. The van der Waals surface area contributed by atoms with Crippen LogP contribution in [-0.2, 0) is 0 Å². The van der Waals surface area contributed by atoms with Crippen LogP contribution >= 0.6 is 15.9 Å². The Bertz CT molecular complexity index is 617. The molecule has 0 saturated carbocycles. The van der Waals surface area contributed by atoms with E-state index in [-0.39, 0.29) is 11.4 Å². The standard InChI is InChI=1S/C14H12BrFN2O2/c1-2-20-13-6-4-10(7-11(13)16)18-14(19)12-5-3-9(15)8-17-12/h3-8H,2H2,1H3,(H,18,19). The molecule has 1 aromatic carbocycles. The molecule has 1 heterocycles. The lowest BCUT2D eigenvalue weighted by molar-refractivity contribution is 0.102. The van der Waals surface area contributed by atoms with Gasteiger partial charge < -0.3 is 10.1 Å². The zero-order chi connectivity index (χ0) is 14.5. The molecule has 0 aliphatic heterocycles. The number of aromatic nitrogens is 1. The molecule has 6 heteroatoms. The number of ether oxygens (including phenoxy) is 1. The van der Waals surface area contributed by atoms with Gasteiger partial charge in [0.15, 0.2) is 11.6 Å². The normalized spacial score (nSPS) is 10.2. The molecular weight excluding hydrogens is 327 g/mol. The van der Waals surface area contributed by atoms with Crippen LogP contribution in [-0.4, -0.2) is 17.5 Å². The fourth-order valence-corrected chi connectivity index (χ4v) is 1.79. The number of rotatable bonds is 4. The Morgan fingerprint density at radius 3 is 2.80 bits per heavy atom. The van der Waals surface area contributed by atoms with Gasteiger partial charge in [-0.1, -0.05) is 0 Å². The van der Waals surface area contributed by atoms with Crippen molar-refractivity contribution in [2.45, 2.75) is 6.92 Å². The van der Waals surface area contributed by atoms with Gasteiger partial charge in [-0.05, 0) is 47.1 Å². The molecule has 0 radical (unpaired) electrons. The van der Waals surface area contributed by atoms with E-state index in [9.17, 15) is 9.18 Å². The smallest absolute Gasteiger partial charge is 0.274 e. The minimum absolute atomic E-state index is 0.160. The molecule has 2 aromatic rings. The molecule has 0 spiro atoms. The Morgan fingerprint density at radius 2 is 2.20 bits per heavy atom. The maximum absolute atomic E-state index is 13.6. The minimum Gasteiger partial charge on any atom is -0.491 e. The Kier molecular flexibility index (Phi) is 4.68. The summed E-state index contributed by atoms with van der Waals surface area (Å²) in [5, 5.41) is 2.58. The summed E-state index contributed by atoms with van der Waals surface area (Å²) < 4.78 is 19.5. The molecule has 1 amide bonds. The summed E-state index contributed by atoms with van der Waals surface area (Å²) in [4.78, 5) is 15.9. The summed E-state index contributed by atoms with van der Waals surface area (Å²) in [6.07, 6.45) is 1.52. The van der Waals surface area contributed by atoms with Gasteiger partial charge in [0, 0.05) is 22.4 Å². The Morgan fingerprint density at radius 1 is 1.40 bits per heavy atom. The van der Waals surface area contributed by atoms with Gasteiger partial charge in [0.25, 0.3) is 5.91 Å². The van der Waals surface area contributed by atoms with Crippen molar-refractivity contribution in [2.24, 2.45) is 0 Å². The molecule has 0 aliphatic carbocycles. The first kappa shape index (κ1) is 14.5.